The average Bonchev–Trinajstić information content (AvgIpc) is 3.37. The molecule has 0 radical (unpaired) electrons. The molecular formula is C24H26N4O3S. The van der Waals surface area contributed by atoms with Crippen LogP contribution in [0.4, 0.5) is 0 Å². The molecule has 2 aromatic carbocycles. The molecule has 0 spiro atoms. The number of aromatic nitrogens is 3. The first-order chi connectivity index (χ1) is 15.4. The second-order valence-corrected chi connectivity index (χ2v) is 8.70. The SMILES string of the molecule is COc1cccc2cc(C(C)NC(=O)CSc3nnc(C)n3-c3cc(C)ccc3C)oc12. The van der Waals surface area contributed by atoms with Gasteiger partial charge in [-0.15, -0.1) is 10.2 Å². The van der Waals surface area contributed by atoms with Crippen LogP contribution in [0, 0.1) is 20.8 Å². The number of carbonyl (C=O) groups is 1. The highest BCUT2D eigenvalue weighted by molar-refractivity contribution is 7.99. The van der Waals surface area contributed by atoms with E-state index in [1.165, 1.54) is 11.8 Å². The monoisotopic (exact) mass is 450 g/mol. The molecule has 1 unspecified atom stereocenters. The van der Waals surface area contributed by atoms with Crippen molar-refractivity contribution in [3.05, 3.63) is 65.2 Å². The van der Waals surface area contributed by atoms with Crippen LogP contribution in [0.2, 0.25) is 0 Å². The van der Waals surface area contributed by atoms with Crippen LogP contribution in [0.3, 0.4) is 0 Å². The minimum atomic E-state index is -0.279. The normalized spacial score (nSPS) is 12.2. The van der Waals surface area contributed by atoms with Gasteiger partial charge >= 0.3 is 0 Å². The van der Waals surface area contributed by atoms with Gasteiger partial charge in [-0.2, -0.15) is 0 Å². The first-order valence-electron chi connectivity index (χ1n) is 10.4. The number of thioether (sulfide) groups is 1. The summed E-state index contributed by atoms with van der Waals surface area (Å²) >= 11 is 1.36. The number of amides is 1. The van der Waals surface area contributed by atoms with Crippen LogP contribution in [-0.2, 0) is 4.79 Å². The first-order valence-corrected chi connectivity index (χ1v) is 11.3. The van der Waals surface area contributed by atoms with Crippen molar-refractivity contribution in [3.8, 4) is 11.4 Å². The molecule has 166 valence electrons. The predicted molar refractivity (Wildman–Crippen MR) is 126 cm³/mol. The summed E-state index contributed by atoms with van der Waals surface area (Å²) in [6, 6.07) is 13.6. The number of nitrogens with one attached hydrogen (secondary N) is 1. The lowest BCUT2D eigenvalue weighted by Gasteiger charge is -2.13. The van der Waals surface area contributed by atoms with Crippen molar-refractivity contribution >= 4 is 28.6 Å². The average molecular weight is 451 g/mol. The van der Waals surface area contributed by atoms with Crippen LogP contribution in [0.5, 0.6) is 5.75 Å². The minimum absolute atomic E-state index is 0.108. The molecule has 0 saturated heterocycles. The van der Waals surface area contributed by atoms with E-state index in [0.29, 0.717) is 22.2 Å². The number of fused-ring (bicyclic) bond motifs is 1. The number of hydrogen-bond acceptors (Lipinski definition) is 6. The van der Waals surface area contributed by atoms with Crippen LogP contribution >= 0.6 is 11.8 Å². The molecule has 0 saturated carbocycles. The highest BCUT2D eigenvalue weighted by Gasteiger charge is 2.18. The van der Waals surface area contributed by atoms with Gasteiger partial charge in [-0.05, 0) is 57.0 Å². The number of ether oxygens (including phenoxy) is 1. The Kier molecular flexibility index (Phi) is 6.23. The third kappa shape index (κ3) is 4.36. The van der Waals surface area contributed by atoms with Crippen molar-refractivity contribution in [2.45, 2.75) is 38.9 Å². The molecule has 7 nitrogen and oxygen atoms in total. The van der Waals surface area contributed by atoms with Crippen LogP contribution in [0.25, 0.3) is 16.7 Å². The maximum atomic E-state index is 12.7. The number of aryl methyl sites for hydroxylation is 3. The summed E-state index contributed by atoms with van der Waals surface area (Å²) in [4.78, 5) is 12.7. The quantitative estimate of drug-likeness (QED) is 0.403. The number of rotatable bonds is 7. The molecule has 0 fully saturated rings. The van der Waals surface area contributed by atoms with E-state index in [4.69, 9.17) is 9.15 Å². The first kappa shape index (κ1) is 22.0. The minimum Gasteiger partial charge on any atom is -0.493 e. The van der Waals surface area contributed by atoms with E-state index in [0.717, 1.165) is 28.0 Å². The summed E-state index contributed by atoms with van der Waals surface area (Å²) in [6.45, 7) is 7.92. The maximum absolute atomic E-state index is 12.7. The Morgan fingerprint density at radius 1 is 1.19 bits per heavy atom. The second kappa shape index (κ2) is 9.08. The Labute approximate surface area is 191 Å². The molecule has 2 heterocycles. The third-order valence-corrected chi connectivity index (χ3v) is 6.21. The molecule has 0 bridgehead atoms. The second-order valence-electron chi connectivity index (χ2n) is 7.76. The van der Waals surface area contributed by atoms with Crippen LogP contribution in [0.15, 0.2) is 52.0 Å². The molecule has 0 aliphatic heterocycles. The molecular weight excluding hydrogens is 424 g/mol. The van der Waals surface area contributed by atoms with Gasteiger partial charge in [0.1, 0.15) is 11.6 Å². The Morgan fingerprint density at radius 2 is 2.00 bits per heavy atom. The van der Waals surface area contributed by atoms with Gasteiger partial charge in [0.2, 0.25) is 5.91 Å². The summed E-state index contributed by atoms with van der Waals surface area (Å²) in [5.41, 5.74) is 3.99. The molecule has 1 amide bonds. The number of hydrogen-bond donors (Lipinski definition) is 1. The fourth-order valence-electron chi connectivity index (χ4n) is 3.59. The Morgan fingerprint density at radius 3 is 2.78 bits per heavy atom. The Bertz CT molecular complexity index is 1280. The van der Waals surface area contributed by atoms with Gasteiger partial charge in [0, 0.05) is 5.39 Å². The largest absolute Gasteiger partial charge is 0.493 e. The Hall–Kier alpha value is -3.26. The Balaban J connectivity index is 1.45. The van der Waals surface area contributed by atoms with Gasteiger partial charge in [-0.25, -0.2) is 0 Å². The van der Waals surface area contributed by atoms with Crippen molar-refractivity contribution < 1.29 is 13.9 Å². The number of carbonyl (C=O) groups excluding carboxylic acids is 1. The van der Waals surface area contributed by atoms with Gasteiger partial charge in [-0.3, -0.25) is 9.36 Å². The van der Waals surface area contributed by atoms with E-state index < -0.39 is 0 Å². The zero-order valence-corrected chi connectivity index (χ0v) is 19.6. The standard InChI is InChI=1S/C24H26N4O3S/c1-14-9-10-15(2)19(11-14)28-17(4)26-27-24(28)32-13-22(29)25-16(3)21-12-18-7-6-8-20(30-5)23(18)31-21/h6-12,16H,13H2,1-5H3,(H,25,29). The molecule has 1 atom stereocenters. The van der Waals surface area contributed by atoms with Crippen molar-refractivity contribution in [2.75, 3.05) is 12.9 Å². The third-order valence-electron chi connectivity index (χ3n) is 5.28. The van der Waals surface area contributed by atoms with E-state index >= 15 is 0 Å². The lowest BCUT2D eigenvalue weighted by Crippen LogP contribution is -2.28. The van der Waals surface area contributed by atoms with Gasteiger partial charge in [0.15, 0.2) is 16.5 Å². The summed E-state index contributed by atoms with van der Waals surface area (Å²) in [6.07, 6.45) is 0. The fourth-order valence-corrected chi connectivity index (χ4v) is 4.39. The van der Waals surface area contributed by atoms with E-state index in [2.05, 4.69) is 47.6 Å². The lowest BCUT2D eigenvalue weighted by molar-refractivity contribution is -0.119. The maximum Gasteiger partial charge on any atom is 0.231 e. The summed E-state index contributed by atoms with van der Waals surface area (Å²) in [7, 11) is 1.61. The molecule has 0 aliphatic rings. The number of methoxy groups -OCH3 is 1. The van der Waals surface area contributed by atoms with Crippen molar-refractivity contribution in [2.24, 2.45) is 0 Å². The fraction of sp³-hybridized carbons (Fsp3) is 0.292. The predicted octanol–water partition coefficient (Wildman–Crippen LogP) is 4.92. The molecule has 4 rings (SSSR count). The van der Waals surface area contributed by atoms with E-state index in [1.54, 1.807) is 7.11 Å². The molecule has 8 heteroatoms. The highest BCUT2D eigenvalue weighted by Crippen LogP contribution is 2.31. The highest BCUT2D eigenvalue weighted by atomic mass is 32.2. The van der Waals surface area contributed by atoms with Crippen molar-refractivity contribution in [3.63, 3.8) is 0 Å². The number of nitrogens with zero attached hydrogens (tertiary/aromatic N) is 3. The van der Waals surface area contributed by atoms with Crippen LogP contribution < -0.4 is 10.1 Å². The van der Waals surface area contributed by atoms with Gasteiger partial charge in [0.25, 0.3) is 0 Å². The van der Waals surface area contributed by atoms with E-state index in [9.17, 15) is 4.79 Å². The molecule has 32 heavy (non-hydrogen) atoms. The van der Waals surface area contributed by atoms with E-state index in [-0.39, 0.29) is 17.7 Å². The van der Waals surface area contributed by atoms with Crippen molar-refractivity contribution in [1.29, 1.82) is 0 Å². The smallest absolute Gasteiger partial charge is 0.231 e. The molecule has 1 N–H and O–H groups in total. The van der Waals surface area contributed by atoms with Crippen LogP contribution in [0.1, 0.15) is 35.7 Å². The van der Waals surface area contributed by atoms with Gasteiger partial charge in [-0.1, -0.05) is 36.0 Å². The molecule has 0 aliphatic carbocycles. The molecule has 4 aromatic rings. The summed E-state index contributed by atoms with van der Waals surface area (Å²) in [5.74, 6) is 2.24. The number of benzene rings is 2. The van der Waals surface area contributed by atoms with E-state index in [1.807, 2.05) is 42.7 Å². The lowest BCUT2D eigenvalue weighted by atomic mass is 10.1. The number of para-hydroxylation sites is 1. The van der Waals surface area contributed by atoms with Gasteiger partial charge in [0.05, 0.1) is 24.6 Å². The summed E-state index contributed by atoms with van der Waals surface area (Å²) < 4.78 is 13.3. The van der Waals surface area contributed by atoms with Gasteiger partial charge < -0.3 is 14.5 Å². The topological polar surface area (TPSA) is 82.2 Å². The zero-order valence-electron chi connectivity index (χ0n) is 18.8. The van der Waals surface area contributed by atoms with Crippen LogP contribution in [-0.4, -0.2) is 33.5 Å². The van der Waals surface area contributed by atoms with Crippen molar-refractivity contribution in [1.82, 2.24) is 20.1 Å². The number of furan rings is 1. The summed E-state index contributed by atoms with van der Waals surface area (Å²) in [5, 5.41) is 13.1. The zero-order chi connectivity index (χ0) is 22.8. The molecule has 2 aromatic heterocycles.